The Hall–Kier alpha value is -2.83. The van der Waals surface area contributed by atoms with Crippen molar-refractivity contribution in [1.82, 2.24) is 4.90 Å². The van der Waals surface area contributed by atoms with Gasteiger partial charge < -0.3 is 20.1 Å². The van der Waals surface area contributed by atoms with Gasteiger partial charge in [0.15, 0.2) is 6.61 Å². The number of carbonyl (C=O) groups excluding carboxylic acids is 3. The Labute approximate surface area is 146 Å². The van der Waals surface area contributed by atoms with E-state index in [4.69, 9.17) is 15.2 Å². The summed E-state index contributed by atoms with van der Waals surface area (Å²) >= 11 is 0. The number of nitrogens with zero attached hydrogens (tertiary/aromatic N) is 1. The van der Waals surface area contributed by atoms with E-state index in [1.807, 2.05) is 0 Å². The molecule has 1 aromatic carbocycles. The number of methoxy groups -OCH3 is 1. The summed E-state index contributed by atoms with van der Waals surface area (Å²) in [6, 6.07) is 7.17. The molecule has 0 atom stereocenters. The molecule has 1 saturated heterocycles. The molecule has 1 aromatic rings. The van der Waals surface area contributed by atoms with Crippen LogP contribution in [0.2, 0.25) is 0 Å². The van der Waals surface area contributed by atoms with Crippen LogP contribution in [0.3, 0.4) is 0 Å². The molecular weight excluding hydrogens is 324 g/mol. The number of hydrogen-bond donors (Lipinski definition) is 1. The van der Waals surface area contributed by atoms with Crippen LogP contribution in [0.25, 0.3) is 6.08 Å². The third kappa shape index (κ3) is 5.63. The third-order valence-corrected chi connectivity index (χ3v) is 4.12. The zero-order chi connectivity index (χ0) is 18.2. The molecule has 0 bridgehead atoms. The largest absolute Gasteiger partial charge is 0.497 e. The molecular formula is C18H22N2O5. The summed E-state index contributed by atoms with van der Waals surface area (Å²) in [6.07, 6.45) is 3.97. The first-order valence-corrected chi connectivity index (χ1v) is 8.05. The maximum Gasteiger partial charge on any atom is 0.331 e. The predicted molar refractivity (Wildman–Crippen MR) is 91.5 cm³/mol. The number of esters is 1. The highest BCUT2D eigenvalue weighted by molar-refractivity contribution is 5.89. The lowest BCUT2D eigenvalue weighted by Crippen LogP contribution is -2.43. The number of likely N-dealkylation sites (tertiary alicyclic amines) is 1. The number of amides is 2. The number of ether oxygens (including phenoxy) is 2. The fourth-order valence-corrected chi connectivity index (χ4v) is 2.56. The van der Waals surface area contributed by atoms with Gasteiger partial charge in [-0.15, -0.1) is 0 Å². The summed E-state index contributed by atoms with van der Waals surface area (Å²) in [7, 11) is 1.58. The van der Waals surface area contributed by atoms with Crippen LogP contribution in [0.4, 0.5) is 0 Å². The molecule has 25 heavy (non-hydrogen) atoms. The van der Waals surface area contributed by atoms with Crippen LogP contribution in [-0.2, 0) is 19.1 Å². The van der Waals surface area contributed by atoms with Crippen molar-refractivity contribution in [3.8, 4) is 5.75 Å². The molecule has 0 spiro atoms. The van der Waals surface area contributed by atoms with Crippen LogP contribution in [0, 0.1) is 5.92 Å². The average molecular weight is 346 g/mol. The van der Waals surface area contributed by atoms with Crippen molar-refractivity contribution in [3.05, 3.63) is 35.9 Å². The van der Waals surface area contributed by atoms with Crippen molar-refractivity contribution in [2.45, 2.75) is 12.8 Å². The van der Waals surface area contributed by atoms with Crippen LogP contribution < -0.4 is 10.5 Å². The van der Waals surface area contributed by atoms with Crippen LogP contribution >= 0.6 is 0 Å². The van der Waals surface area contributed by atoms with Crippen LogP contribution in [0.5, 0.6) is 5.75 Å². The standard InChI is InChI=1S/C18H22N2O5/c1-24-15-5-2-13(3-6-15)4-7-17(22)25-12-16(21)20-10-8-14(9-11-20)18(19)23/h2-7,14H,8-12H2,1H3,(H2,19,23)/b7-4+. The molecule has 0 radical (unpaired) electrons. The summed E-state index contributed by atoms with van der Waals surface area (Å²) in [5.74, 6) is -0.642. The van der Waals surface area contributed by atoms with E-state index in [-0.39, 0.29) is 24.3 Å². The van der Waals surface area contributed by atoms with Gasteiger partial charge in [0.05, 0.1) is 7.11 Å². The predicted octanol–water partition coefficient (Wildman–Crippen LogP) is 0.975. The maximum atomic E-state index is 12.0. The Morgan fingerprint density at radius 3 is 2.40 bits per heavy atom. The lowest BCUT2D eigenvalue weighted by Gasteiger charge is -2.30. The average Bonchev–Trinajstić information content (AvgIpc) is 2.64. The number of hydrogen-bond acceptors (Lipinski definition) is 5. The minimum Gasteiger partial charge on any atom is -0.497 e. The van der Waals surface area contributed by atoms with E-state index in [0.29, 0.717) is 25.9 Å². The number of rotatable bonds is 6. The first kappa shape index (κ1) is 18.5. The first-order chi connectivity index (χ1) is 12.0. The van der Waals surface area contributed by atoms with Crippen molar-refractivity contribution in [3.63, 3.8) is 0 Å². The number of primary amides is 1. The van der Waals surface area contributed by atoms with E-state index in [2.05, 4.69) is 0 Å². The summed E-state index contributed by atoms with van der Waals surface area (Å²) in [6.45, 7) is 0.588. The van der Waals surface area contributed by atoms with Gasteiger partial charge in [0, 0.05) is 25.1 Å². The quantitative estimate of drug-likeness (QED) is 0.611. The van der Waals surface area contributed by atoms with Gasteiger partial charge >= 0.3 is 5.97 Å². The van der Waals surface area contributed by atoms with Gasteiger partial charge in [-0.1, -0.05) is 12.1 Å². The van der Waals surface area contributed by atoms with Crippen molar-refractivity contribution < 1.29 is 23.9 Å². The number of benzene rings is 1. The van der Waals surface area contributed by atoms with Gasteiger partial charge in [-0.05, 0) is 36.6 Å². The lowest BCUT2D eigenvalue weighted by atomic mass is 9.96. The summed E-state index contributed by atoms with van der Waals surface area (Å²) in [4.78, 5) is 36.4. The van der Waals surface area contributed by atoms with Gasteiger partial charge in [-0.2, -0.15) is 0 Å². The molecule has 0 saturated carbocycles. The minimum atomic E-state index is -0.587. The Kier molecular flexibility index (Phi) is 6.56. The van der Waals surface area contributed by atoms with Gasteiger partial charge in [0.25, 0.3) is 5.91 Å². The summed E-state index contributed by atoms with van der Waals surface area (Å²) < 4.78 is 10.0. The fourth-order valence-electron chi connectivity index (χ4n) is 2.56. The molecule has 0 aliphatic carbocycles. The number of carbonyl (C=O) groups is 3. The highest BCUT2D eigenvalue weighted by Gasteiger charge is 2.26. The van der Waals surface area contributed by atoms with E-state index in [1.165, 1.54) is 6.08 Å². The molecule has 2 N–H and O–H groups in total. The Morgan fingerprint density at radius 1 is 1.20 bits per heavy atom. The molecule has 7 heteroatoms. The molecule has 1 aliphatic heterocycles. The second-order valence-corrected chi connectivity index (χ2v) is 5.77. The molecule has 2 rings (SSSR count). The maximum absolute atomic E-state index is 12.0. The van der Waals surface area contributed by atoms with Gasteiger partial charge in [0.2, 0.25) is 5.91 Å². The van der Waals surface area contributed by atoms with E-state index in [1.54, 1.807) is 42.4 Å². The topological polar surface area (TPSA) is 98.9 Å². The van der Waals surface area contributed by atoms with Crippen LogP contribution in [0.1, 0.15) is 18.4 Å². The molecule has 1 aliphatic rings. The zero-order valence-electron chi connectivity index (χ0n) is 14.1. The summed E-state index contributed by atoms with van der Waals surface area (Å²) in [5, 5.41) is 0. The molecule has 1 heterocycles. The summed E-state index contributed by atoms with van der Waals surface area (Å²) in [5.41, 5.74) is 6.08. The molecule has 2 amide bonds. The van der Waals surface area contributed by atoms with Crippen molar-refractivity contribution in [1.29, 1.82) is 0 Å². The highest BCUT2D eigenvalue weighted by atomic mass is 16.5. The Bertz CT molecular complexity index is 646. The minimum absolute atomic E-state index is 0.181. The van der Waals surface area contributed by atoms with Crippen molar-refractivity contribution in [2.24, 2.45) is 11.7 Å². The Morgan fingerprint density at radius 2 is 1.84 bits per heavy atom. The van der Waals surface area contributed by atoms with Gasteiger partial charge in [0.1, 0.15) is 5.75 Å². The highest BCUT2D eigenvalue weighted by Crippen LogP contribution is 2.16. The van der Waals surface area contributed by atoms with E-state index in [0.717, 1.165) is 11.3 Å². The van der Waals surface area contributed by atoms with E-state index < -0.39 is 5.97 Å². The SMILES string of the molecule is COc1ccc(/C=C/C(=O)OCC(=O)N2CCC(C(N)=O)CC2)cc1. The van der Waals surface area contributed by atoms with Crippen LogP contribution in [-0.4, -0.2) is 49.5 Å². The molecule has 7 nitrogen and oxygen atoms in total. The normalized spacial score (nSPS) is 15.2. The van der Waals surface area contributed by atoms with Gasteiger partial charge in [-0.25, -0.2) is 4.79 Å². The van der Waals surface area contributed by atoms with Gasteiger partial charge in [-0.3, -0.25) is 9.59 Å². The lowest BCUT2D eigenvalue weighted by molar-refractivity contribution is -0.149. The third-order valence-electron chi connectivity index (χ3n) is 4.12. The monoisotopic (exact) mass is 346 g/mol. The smallest absolute Gasteiger partial charge is 0.331 e. The van der Waals surface area contributed by atoms with E-state index >= 15 is 0 Å². The second-order valence-electron chi connectivity index (χ2n) is 5.77. The molecule has 0 aromatic heterocycles. The van der Waals surface area contributed by atoms with Crippen molar-refractivity contribution >= 4 is 23.9 Å². The molecule has 134 valence electrons. The van der Waals surface area contributed by atoms with E-state index in [9.17, 15) is 14.4 Å². The van der Waals surface area contributed by atoms with Crippen molar-refractivity contribution in [2.75, 3.05) is 26.8 Å². The van der Waals surface area contributed by atoms with Crippen LogP contribution in [0.15, 0.2) is 30.3 Å². The Balaban J connectivity index is 1.74. The zero-order valence-corrected chi connectivity index (χ0v) is 14.1. The number of piperidine rings is 1. The first-order valence-electron chi connectivity index (χ1n) is 8.05. The molecule has 0 unspecified atom stereocenters. The molecule has 1 fully saturated rings. The number of nitrogens with two attached hydrogens (primary N) is 1. The second kappa shape index (κ2) is 8.86. The fraction of sp³-hybridized carbons (Fsp3) is 0.389.